The number of rotatable bonds is 6. The molecule has 0 radical (unpaired) electrons. The Morgan fingerprint density at radius 3 is 2.48 bits per heavy atom. The van der Waals surface area contributed by atoms with Crippen molar-refractivity contribution < 1.29 is 19.3 Å². The van der Waals surface area contributed by atoms with E-state index in [1.807, 2.05) is 24.4 Å². The molecule has 1 atom stereocenters. The van der Waals surface area contributed by atoms with Gasteiger partial charge in [0, 0.05) is 25.3 Å². The first-order chi connectivity index (χ1) is 11.0. The zero-order valence-electron chi connectivity index (χ0n) is 13.6. The fraction of sp³-hybridized carbons (Fsp3) is 0.294. The fourth-order valence-corrected chi connectivity index (χ4v) is 2.12. The highest BCUT2D eigenvalue weighted by Crippen LogP contribution is 2.11. The molecule has 0 aliphatic heterocycles. The first kappa shape index (κ1) is 16.8. The van der Waals surface area contributed by atoms with Gasteiger partial charge < -0.3 is 20.0 Å². The van der Waals surface area contributed by atoms with Crippen molar-refractivity contribution in [3.05, 3.63) is 54.0 Å². The van der Waals surface area contributed by atoms with E-state index in [4.69, 9.17) is 4.42 Å². The Morgan fingerprint density at radius 2 is 1.91 bits per heavy atom. The largest absolute Gasteiger partial charge is 0.463 e. The van der Waals surface area contributed by atoms with Crippen LogP contribution in [0, 0.1) is 0 Å². The highest BCUT2D eigenvalue weighted by molar-refractivity contribution is 5.95. The number of nitrogens with one attached hydrogen (secondary N) is 1. The minimum atomic E-state index is -0.102. The van der Waals surface area contributed by atoms with Crippen molar-refractivity contribution >= 4 is 17.5 Å². The number of carbonyl (C=O) groups excluding carboxylic acids is 2. The van der Waals surface area contributed by atoms with Crippen LogP contribution in [0.2, 0.25) is 0 Å². The van der Waals surface area contributed by atoms with Gasteiger partial charge in [0.2, 0.25) is 0 Å². The number of amides is 2. The van der Waals surface area contributed by atoms with Crippen LogP contribution in [0.1, 0.15) is 29.1 Å². The highest BCUT2D eigenvalue weighted by atomic mass is 16.3. The molecule has 3 N–H and O–H groups in total. The lowest BCUT2D eigenvalue weighted by Crippen LogP contribution is -2.86. The summed E-state index contributed by atoms with van der Waals surface area (Å²) >= 11 is 0. The lowest BCUT2D eigenvalue weighted by Gasteiger charge is -2.11. The standard InChI is InChI=1S/C17H21N3O3/c1-12(15-5-4-10-23-15)18-11-16(21)19-14-8-6-13(7-9-14)17(22)20(2)3/h4-10,12,18H,11H2,1-3H3,(H,19,21)/p+1/t12-/m1/s1. The average Bonchev–Trinajstić information content (AvgIpc) is 3.07. The number of benzene rings is 1. The molecule has 6 nitrogen and oxygen atoms in total. The molecule has 1 aromatic carbocycles. The molecular weight excluding hydrogens is 294 g/mol. The molecule has 0 unspecified atom stereocenters. The number of anilines is 1. The third-order valence-electron chi connectivity index (χ3n) is 3.47. The summed E-state index contributed by atoms with van der Waals surface area (Å²) in [4.78, 5) is 25.3. The normalized spacial score (nSPS) is 11.8. The molecule has 2 amide bonds. The van der Waals surface area contributed by atoms with E-state index in [1.165, 1.54) is 4.90 Å². The molecular formula is C17H22N3O3+. The van der Waals surface area contributed by atoms with Gasteiger partial charge in [0.05, 0.1) is 6.26 Å². The van der Waals surface area contributed by atoms with Crippen LogP contribution in [0.25, 0.3) is 0 Å². The number of furan rings is 1. The van der Waals surface area contributed by atoms with Crippen LogP contribution < -0.4 is 10.6 Å². The third-order valence-corrected chi connectivity index (χ3v) is 3.47. The lowest BCUT2D eigenvalue weighted by atomic mass is 10.2. The number of nitrogens with zero attached hydrogens (tertiary/aromatic N) is 1. The van der Waals surface area contributed by atoms with E-state index in [2.05, 4.69) is 5.32 Å². The number of hydrogen-bond acceptors (Lipinski definition) is 3. The summed E-state index contributed by atoms with van der Waals surface area (Å²) in [5.41, 5.74) is 1.26. The molecule has 6 heteroatoms. The van der Waals surface area contributed by atoms with Crippen molar-refractivity contribution in [3.63, 3.8) is 0 Å². The monoisotopic (exact) mass is 316 g/mol. The van der Waals surface area contributed by atoms with Crippen molar-refractivity contribution in [1.82, 2.24) is 4.90 Å². The van der Waals surface area contributed by atoms with Gasteiger partial charge in [0.15, 0.2) is 12.3 Å². The Bertz CT molecular complexity index is 648. The smallest absolute Gasteiger partial charge is 0.279 e. The van der Waals surface area contributed by atoms with Gasteiger partial charge in [-0.15, -0.1) is 0 Å². The van der Waals surface area contributed by atoms with Gasteiger partial charge in [0.25, 0.3) is 11.8 Å². The molecule has 0 bridgehead atoms. The maximum absolute atomic E-state index is 12.0. The summed E-state index contributed by atoms with van der Waals surface area (Å²) in [7, 11) is 3.40. The van der Waals surface area contributed by atoms with Crippen LogP contribution in [0.4, 0.5) is 5.69 Å². The van der Waals surface area contributed by atoms with E-state index >= 15 is 0 Å². The van der Waals surface area contributed by atoms with Crippen LogP contribution in [-0.2, 0) is 4.79 Å². The maximum Gasteiger partial charge on any atom is 0.279 e. The predicted octanol–water partition coefficient (Wildman–Crippen LogP) is 1.24. The van der Waals surface area contributed by atoms with Crippen LogP contribution in [-0.4, -0.2) is 37.4 Å². The number of carbonyl (C=O) groups is 2. The SMILES string of the molecule is C[C@@H]([NH2+]CC(=O)Nc1ccc(C(=O)N(C)C)cc1)c1ccco1. The average molecular weight is 316 g/mol. The predicted molar refractivity (Wildman–Crippen MR) is 87.0 cm³/mol. The first-order valence-corrected chi connectivity index (χ1v) is 7.45. The Morgan fingerprint density at radius 1 is 1.22 bits per heavy atom. The summed E-state index contributed by atoms with van der Waals surface area (Å²) in [6.07, 6.45) is 1.62. The Hall–Kier alpha value is -2.60. The number of quaternary nitrogens is 1. The molecule has 0 aliphatic rings. The fourth-order valence-electron chi connectivity index (χ4n) is 2.12. The second kappa shape index (κ2) is 7.60. The second-order valence-corrected chi connectivity index (χ2v) is 5.57. The van der Waals surface area contributed by atoms with E-state index in [9.17, 15) is 9.59 Å². The van der Waals surface area contributed by atoms with Gasteiger partial charge in [-0.3, -0.25) is 9.59 Å². The van der Waals surface area contributed by atoms with Gasteiger partial charge in [0.1, 0.15) is 6.04 Å². The second-order valence-electron chi connectivity index (χ2n) is 5.57. The summed E-state index contributed by atoms with van der Waals surface area (Å²) < 4.78 is 5.30. The molecule has 122 valence electrons. The zero-order valence-corrected chi connectivity index (χ0v) is 13.6. The quantitative estimate of drug-likeness (QED) is 0.841. The molecule has 23 heavy (non-hydrogen) atoms. The lowest BCUT2D eigenvalue weighted by molar-refractivity contribution is -0.684. The zero-order chi connectivity index (χ0) is 16.8. The van der Waals surface area contributed by atoms with Crippen LogP contribution in [0.5, 0.6) is 0 Å². The van der Waals surface area contributed by atoms with Gasteiger partial charge in [-0.2, -0.15) is 0 Å². The Kier molecular flexibility index (Phi) is 5.54. The summed E-state index contributed by atoms with van der Waals surface area (Å²) in [5, 5.41) is 4.71. The molecule has 0 spiro atoms. The van der Waals surface area contributed by atoms with Crippen LogP contribution >= 0.6 is 0 Å². The topological polar surface area (TPSA) is 79.2 Å². The Labute approximate surface area is 135 Å². The minimum Gasteiger partial charge on any atom is -0.463 e. The van der Waals surface area contributed by atoms with E-state index in [1.54, 1.807) is 44.6 Å². The van der Waals surface area contributed by atoms with Gasteiger partial charge >= 0.3 is 0 Å². The van der Waals surface area contributed by atoms with E-state index in [0.717, 1.165) is 5.76 Å². The van der Waals surface area contributed by atoms with E-state index in [0.29, 0.717) is 17.8 Å². The van der Waals surface area contributed by atoms with Crippen molar-refractivity contribution in [1.29, 1.82) is 0 Å². The molecule has 0 saturated carbocycles. The Balaban J connectivity index is 1.84. The number of hydrogen-bond donors (Lipinski definition) is 2. The van der Waals surface area contributed by atoms with E-state index in [-0.39, 0.29) is 17.9 Å². The van der Waals surface area contributed by atoms with Crippen LogP contribution in [0.3, 0.4) is 0 Å². The van der Waals surface area contributed by atoms with Crippen molar-refractivity contribution in [2.45, 2.75) is 13.0 Å². The van der Waals surface area contributed by atoms with Crippen molar-refractivity contribution in [3.8, 4) is 0 Å². The maximum atomic E-state index is 12.0. The first-order valence-electron chi connectivity index (χ1n) is 7.45. The summed E-state index contributed by atoms with van der Waals surface area (Å²) in [5.74, 6) is 0.669. The minimum absolute atomic E-state index is 0.0662. The molecule has 1 aromatic heterocycles. The van der Waals surface area contributed by atoms with Crippen molar-refractivity contribution in [2.75, 3.05) is 26.0 Å². The summed E-state index contributed by atoms with van der Waals surface area (Å²) in [6, 6.07) is 10.7. The molecule has 0 saturated heterocycles. The van der Waals surface area contributed by atoms with Crippen molar-refractivity contribution in [2.24, 2.45) is 0 Å². The highest BCUT2D eigenvalue weighted by Gasteiger charge is 2.14. The molecule has 0 fully saturated rings. The molecule has 2 aromatic rings. The van der Waals surface area contributed by atoms with Gasteiger partial charge in [-0.25, -0.2) is 0 Å². The molecule has 1 heterocycles. The van der Waals surface area contributed by atoms with Gasteiger partial charge in [-0.05, 0) is 43.3 Å². The van der Waals surface area contributed by atoms with Gasteiger partial charge in [-0.1, -0.05) is 0 Å². The van der Waals surface area contributed by atoms with Crippen LogP contribution in [0.15, 0.2) is 47.1 Å². The number of nitrogens with two attached hydrogens (primary N) is 1. The third kappa shape index (κ3) is 4.69. The molecule has 2 rings (SSSR count). The summed E-state index contributed by atoms with van der Waals surface area (Å²) in [6.45, 7) is 2.27. The van der Waals surface area contributed by atoms with E-state index < -0.39 is 0 Å². The molecule has 0 aliphatic carbocycles.